The number of aromatic nitrogens is 2. The normalized spacial score (nSPS) is 16.1. The van der Waals surface area contributed by atoms with Crippen molar-refractivity contribution in [1.29, 1.82) is 0 Å². The fourth-order valence-corrected chi connectivity index (χ4v) is 2.30. The zero-order valence-corrected chi connectivity index (χ0v) is 9.12. The van der Waals surface area contributed by atoms with E-state index in [9.17, 15) is 0 Å². The predicted octanol–water partition coefficient (Wildman–Crippen LogP) is 2.57. The van der Waals surface area contributed by atoms with Gasteiger partial charge in [-0.05, 0) is 44.4 Å². The Balaban J connectivity index is 2.38. The average Bonchev–Trinajstić information content (AvgIpc) is 2.91. The first-order valence-electron chi connectivity index (χ1n) is 5.41. The Morgan fingerprint density at radius 2 is 2.07 bits per heavy atom. The summed E-state index contributed by atoms with van der Waals surface area (Å²) in [6, 6.07) is 4.70. The number of benzene rings is 1. The highest BCUT2D eigenvalue weighted by Gasteiger charge is 2.27. The van der Waals surface area contributed by atoms with Crippen molar-refractivity contribution in [3.8, 4) is 0 Å². The van der Waals surface area contributed by atoms with Gasteiger partial charge in [-0.3, -0.25) is 0 Å². The molecule has 0 bridgehead atoms. The molecule has 0 amide bonds. The molecule has 3 nitrogen and oxygen atoms in total. The lowest BCUT2D eigenvalue weighted by atomic mass is 10.2. The number of hydrogen-bond acceptors (Lipinski definition) is 2. The quantitative estimate of drug-likeness (QED) is 0.721. The number of nitrogens with two attached hydrogens (primary N) is 1. The van der Waals surface area contributed by atoms with E-state index in [4.69, 9.17) is 5.73 Å². The molecule has 1 fully saturated rings. The van der Waals surface area contributed by atoms with Crippen molar-refractivity contribution in [3.63, 3.8) is 0 Å². The first-order chi connectivity index (χ1) is 7.16. The molecule has 0 aliphatic heterocycles. The lowest BCUT2D eigenvalue weighted by molar-refractivity contribution is 0.734. The Labute approximate surface area is 88.9 Å². The summed E-state index contributed by atoms with van der Waals surface area (Å²) in [6.45, 7) is 4.15. The molecule has 1 aromatic heterocycles. The SMILES string of the molecule is Cc1cc(N)cc2c1nc(C)n2C1CC1. The molecule has 0 atom stereocenters. The van der Waals surface area contributed by atoms with Crippen LogP contribution in [-0.2, 0) is 0 Å². The zero-order chi connectivity index (χ0) is 10.6. The van der Waals surface area contributed by atoms with Crippen molar-refractivity contribution < 1.29 is 0 Å². The number of nitrogen functional groups attached to an aromatic ring is 1. The van der Waals surface area contributed by atoms with Crippen LogP contribution < -0.4 is 5.73 Å². The van der Waals surface area contributed by atoms with Crippen LogP contribution in [0.25, 0.3) is 11.0 Å². The van der Waals surface area contributed by atoms with Gasteiger partial charge in [-0.15, -0.1) is 0 Å². The maximum absolute atomic E-state index is 5.88. The van der Waals surface area contributed by atoms with Crippen molar-refractivity contribution >= 4 is 16.7 Å². The topological polar surface area (TPSA) is 43.8 Å². The number of imidazole rings is 1. The minimum absolute atomic E-state index is 0.663. The van der Waals surface area contributed by atoms with Crippen molar-refractivity contribution in [2.45, 2.75) is 32.7 Å². The Morgan fingerprint density at radius 1 is 1.33 bits per heavy atom. The molecule has 1 aliphatic rings. The van der Waals surface area contributed by atoms with Crippen LogP contribution in [0, 0.1) is 13.8 Å². The van der Waals surface area contributed by atoms with E-state index in [1.165, 1.54) is 23.9 Å². The Hall–Kier alpha value is -1.51. The van der Waals surface area contributed by atoms with E-state index < -0.39 is 0 Å². The number of anilines is 1. The van der Waals surface area contributed by atoms with Crippen molar-refractivity contribution in [2.75, 3.05) is 5.73 Å². The van der Waals surface area contributed by atoms with Crippen molar-refractivity contribution in [2.24, 2.45) is 0 Å². The Bertz CT molecular complexity index is 535. The molecule has 1 saturated carbocycles. The highest BCUT2D eigenvalue weighted by atomic mass is 15.1. The second-order valence-electron chi connectivity index (χ2n) is 4.47. The third-order valence-corrected chi connectivity index (χ3v) is 3.10. The first kappa shape index (κ1) is 8.77. The smallest absolute Gasteiger partial charge is 0.106 e. The molecule has 0 saturated heterocycles. The number of fused-ring (bicyclic) bond motifs is 1. The molecule has 0 spiro atoms. The van der Waals surface area contributed by atoms with Gasteiger partial charge >= 0.3 is 0 Å². The molecule has 1 heterocycles. The van der Waals surface area contributed by atoms with Gasteiger partial charge in [0, 0.05) is 11.7 Å². The minimum atomic E-state index is 0.663. The lowest BCUT2D eigenvalue weighted by Crippen LogP contribution is -1.97. The number of aryl methyl sites for hydroxylation is 2. The van der Waals surface area contributed by atoms with Gasteiger partial charge in [0.25, 0.3) is 0 Å². The molecule has 1 aliphatic carbocycles. The molecule has 0 radical (unpaired) electrons. The summed E-state index contributed by atoms with van der Waals surface area (Å²) in [7, 11) is 0. The maximum atomic E-state index is 5.88. The van der Waals surface area contributed by atoms with Gasteiger partial charge < -0.3 is 10.3 Å². The highest BCUT2D eigenvalue weighted by Crippen LogP contribution is 2.39. The molecular weight excluding hydrogens is 186 g/mol. The van der Waals surface area contributed by atoms with E-state index in [2.05, 4.69) is 23.4 Å². The van der Waals surface area contributed by atoms with Crippen molar-refractivity contribution in [1.82, 2.24) is 9.55 Å². The molecular formula is C12H15N3. The zero-order valence-electron chi connectivity index (χ0n) is 9.12. The summed E-state index contributed by atoms with van der Waals surface area (Å²) in [4.78, 5) is 4.62. The van der Waals surface area contributed by atoms with Gasteiger partial charge in [0.05, 0.1) is 11.0 Å². The third kappa shape index (κ3) is 1.23. The van der Waals surface area contributed by atoms with E-state index in [0.717, 1.165) is 17.0 Å². The molecule has 3 heteroatoms. The number of nitrogens with zero attached hydrogens (tertiary/aromatic N) is 2. The summed E-state index contributed by atoms with van der Waals surface area (Å²) in [6.07, 6.45) is 2.56. The fourth-order valence-electron chi connectivity index (χ4n) is 2.30. The highest BCUT2D eigenvalue weighted by molar-refractivity contribution is 5.83. The number of rotatable bonds is 1. The second-order valence-corrected chi connectivity index (χ2v) is 4.47. The predicted molar refractivity (Wildman–Crippen MR) is 61.9 cm³/mol. The van der Waals surface area contributed by atoms with E-state index in [1.807, 2.05) is 12.1 Å². The number of hydrogen-bond donors (Lipinski definition) is 1. The van der Waals surface area contributed by atoms with Crippen LogP contribution in [0.5, 0.6) is 0 Å². The maximum Gasteiger partial charge on any atom is 0.106 e. The van der Waals surface area contributed by atoms with Crippen LogP contribution in [0.15, 0.2) is 12.1 Å². The minimum Gasteiger partial charge on any atom is -0.399 e. The summed E-state index contributed by atoms with van der Waals surface area (Å²) in [5.41, 5.74) is 10.2. The summed E-state index contributed by atoms with van der Waals surface area (Å²) >= 11 is 0. The van der Waals surface area contributed by atoms with E-state index in [0.29, 0.717) is 6.04 Å². The molecule has 15 heavy (non-hydrogen) atoms. The average molecular weight is 201 g/mol. The molecule has 78 valence electrons. The van der Waals surface area contributed by atoms with Gasteiger partial charge in [-0.25, -0.2) is 4.98 Å². The molecule has 0 unspecified atom stereocenters. The van der Waals surface area contributed by atoms with Crippen LogP contribution in [0.2, 0.25) is 0 Å². The van der Waals surface area contributed by atoms with Gasteiger partial charge in [-0.2, -0.15) is 0 Å². The van der Waals surface area contributed by atoms with Crippen LogP contribution in [0.4, 0.5) is 5.69 Å². The van der Waals surface area contributed by atoms with Gasteiger partial charge in [0.1, 0.15) is 5.82 Å². The van der Waals surface area contributed by atoms with Gasteiger partial charge in [0.15, 0.2) is 0 Å². The second kappa shape index (κ2) is 2.75. The molecule has 2 aromatic rings. The van der Waals surface area contributed by atoms with Crippen LogP contribution in [0.1, 0.15) is 30.3 Å². The molecule has 2 N–H and O–H groups in total. The lowest BCUT2D eigenvalue weighted by Gasteiger charge is -2.05. The molecule has 3 rings (SSSR count). The van der Waals surface area contributed by atoms with Crippen molar-refractivity contribution in [3.05, 3.63) is 23.5 Å². The van der Waals surface area contributed by atoms with E-state index in [-0.39, 0.29) is 0 Å². The monoisotopic (exact) mass is 201 g/mol. The van der Waals surface area contributed by atoms with Crippen LogP contribution in [-0.4, -0.2) is 9.55 Å². The fraction of sp³-hybridized carbons (Fsp3) is 0.417. The molecule has 1 aromatic carbocycles. The van der Waals surface area contributed by atoms with Crippen LogP contribution >= 0.6 is 0 Å². The van der Waals surface area contributed by atoms with E-state index in [1.54, 1.807) is 0 Å². The Morgan fingerprint density at radius 3 is 2.73 bits per heavy atom. The van der Waals surface area contributed by atoms with Gasteiger partial charge in [-0.1, -0.05) is 0 Å². The van der Waals surface area contributed by atoms with E-state index >= 15 is 0 Å². The summed E-state index contributed by atoms with van der Waals surface area (Å²) < 4.78 is 2.33. The largest absolute Gasteiger partial charge is 0.399 e. The summed E-state index contributed by atoms with van der Waals surface area (Å²) in [5.74, 6) is 1.11. The standard InChI is InChI=1S/C12H15N3/c1-7-5-9(13)6-11-12(7)14-8(2)15(11)10-3-4-10/h5-6,10H,3-4,13H2,1-2H3. The first-order valence-corrected chi connectivity index (χ1v) is 5.41. The Kier molecular flexibility index (Phi) is 1.61. The van der Waals surface area contributed by atoms with Gasteiger partial charge in [0.2, 0.25) is 0 Å². The van der Waals surface area contributed by atoms with Crippen LogP contribution in [0.3, 0.4) is 0 Å². The third-order valence-electron chi connectivity index (χ3n) is 3.10. The summed E-state index contributed by atoms with van der Waals surface area (Å²) in [5, 5.41) is 0.